The second-order valence-electron chi connectivity index (χ2n) is 4.39. The van der Waals surface area contributed by atoms with Crippen molar-refractivity contribution in [3.05, 3.63) is 51.5 Å². The van der Waals surface area contributed by atoms with Gasteiger partial charge >= 0.3 is 138 Å². The van der Waals surface area contributed by atoms with Gasteiger partial charge in [0.05, 0.1) is 0 Å². The van der Waals surface area contributed by atoms with E-state index >= 15 is 0 Å². The predicted molar refractivity (Wildman–Crippen MR) is 89.7 cm³/mol. The summed E-state index contributed by atoms with van der Waals surface area (Å²) in [7, 11) is 0. The minimum atomic E-state index is -0.214. The fraction of sp³-hybridized carbons (Fsp3) is 0.0667. The molecule has 5 heteroatoms. The van der Waals surface area contributed by atoms with Crippen LogP contribution in [0.2, 0.25) is 0 Å². The number of nitriles is 1. The van der Waals surface area contributed by atoms with Gasteiger partial charge in [-0.3, -0.25) is 0 Å². The van der Waals surface area contributed by atoms with Gasteiger partial charge < -0.3 is 0 Å². The molecule has 0 aliphatic rings. The molecule has 0 unspecified atom stereocenters. The zero-order valence-electron chi connectivity index (χ0n) is 10.7. The molecule has 97 valence electrons. The summed E-state index contributed by atoms with van der Waals surface area (Å²) in [6, 6.07) is 8.66. The Balaban J connectivity index is 2.10. The van der Waals surface area contributed by atoms with E-state index in [9.17, 15) is 5.26 Å². The van der Waals surface area contributed by atoms with Crippen LogP contribution in [0.15, 0.2) is 36.8 Å². The SMILES string of the molecule is Cc1c([As]c2c(I)cncc2C#N)ccc2[nH]ccc12. The zero-order chi connectivity index (χ0) is 14.1. The molecule has 0 fully saturated rings. The summed E-state index contributed by atoms with van der Waals surface area (Å²) < 4.78 is 3.57. The van der Waals surface area contributed by atoms with Crippen LogP contribution in [0.25, 0.3) is 10.9 Å². The van der Waals surface area contributed by atoms with Crippen molar-refractivity contribution in [3.63, 3.8) is 0 Å². The van der Waals surface area contributed by atoms with Crippen molar-refractivity contribution in [2.75, 3.05) is 0 Å². The number of aromatic amines is 1. The Bertz CT molecular complexity index is 833. The molecule has 1 aromatic carbocycles. The van der Waals surface area contributed by atoms with Crippen LogP contribution in [0, 0.1) is 21.8 Å². The molecular weight excluding hydrogens is 424 g/mol. The van der Waals surface area contributed by atoms with Gasteiger partial charge in [-0.2, -0.15) is 0 Å². The number of hydrogen-bond acceptors (Lipinski definition) is 2. The van der Waals surface area contributed by atoms with Crippen LogP contribution in [0.5, 0.6) is 0 Å². The summed E-state index contributed by atoms with van der Waals surface area (Å²) in [5, 5.41) is 10.5. The fourth-order valence-corrected chi connectivity index (χ4v) is 5.46. The fourth-order valence-electron chi connectivity index (χ4n) is 2.14. The number of nitrogens with zero attached hydrogens (tertiary/aromatic N) is 2. The minimum absolute atomic E-state index is 0.214. The third-order valence-corrected chi connectivity index (χ3v) is 7.95. The normalized spacial score (nSPS) is 11.2. The number of aryl methyl sites for hydroxylation is 1. The molecule has 0 aliphatic carbocycles. The number of halogens is 1. The Morgan fingerprint density at radius 2 is 2.15 bits per heavy atom. The zero-order valence-corrected chi connectivity index (χ0v) is 14.7. The monoisotopic (exact) mass is 434 g/mol. The molecule has 2 heterocycles. The van der Waals surface area contributed by atoms with Crippen molar-refractivity contribution in [2.45, 2.75) is 6.92 Å². The maximum atomic E-state index is 9.25. The summed E-state index contributed by atoms with van der Waals surface area (Å²) in [4.78, 5) is 7.33. The molecule has 0 spiro atoms. The second-order valence-corrected chi connectivity index (χ2v) is 7.97. The van der Waals surface area contributed by atoms with Crippen LogP contribution >= 0.6 is 22.6 Å². The molecule has 3 rings (SSSR count). The summed E-state index contributed by atoms with van der Waals surface area (Å²) >= 11 is 2.05. The Hall–Kier alpha value is -1.31. The van der Waals surface area contributed by atoms with Crippen molar-refractivity contribution in [2.24, 2.45) is 0 Å². The molecule has 0 atom stereocenters. The van der Waals surface area contributed by atoms with Gasteiger partial charge in [-0.05, 0) is 0 Å². The third-order valence-electron chi connectivity index (χ3n) is 3.20. The van der Waals surface area contributed by atoms with E-state index in [2.05, 4.69) is 63.8 Å². The molecule has 2 aromatic heterocycles. The molecule has 0 bridgehead atoms. The number of pyridine rings is 1. The first kappa shape index (κ1) is 13.7. The molecule has 0 saturated carbocycles. The average Bonchev–Trinajstić information content (AvgIpc) is 2.93. The number of fused-ring (bicyclic) bond motifs is 1. The Morgan fingerprint density at radius 1 is 1.30 bits per heavy atom. The topological polar surface area (TPSA) is 52.5 Å². The molecule has 1 N–H and O–H groups in total. The number of nitrogens with one attached hydrogen (secondary N) is 1. The number of H-pyrrole nitrogens is 1. The van der Waals surface area contributed by atoms with Crippen molar-refractivity contribution < 1.29 is 0 Å². The van der Waals surface area contributed by atoms with Gasteiger partial charge in [-0.25, -0.2) is 0 Å². The van der Waals surface area contributed by atoms with Crippen molar-refractivity contribution in [3.8, 4) is 6.07 Å². The van der Waals surface area contributed by atoms with Gasteiger partial charge in [0, 0.05) is 0 Å². The molecule has 20 heavy (non-hydrogen) atoms. The average molecular weight is 434 g/mol. The van der Waals surface area contributed by atoms with Crippen LogP contribution in [0.4, 0.5) is 0 Å². The van der Waals surface area contributed by atoms with E-state index in [4.69, 9.17) is 0 Å². The molecule has 0 saturated heterocycles. The van der Waals surface area contributed by atoms with E-state index in [-0.39, 0.29) is 15.8 Å². The Kier molecular flexibility index (Phi) is 3.82. The van der Waals surface area contributed by atoms with Crippen LogP contribution in [0.1, 0.15) is 11.1 Å². The molecule has 1 radical (unpaired) electrons. The summed E-state index contributed by atoms with van der Waals surface area (Å²) in [6.07, 6.45) is 5.46. The van der Waals surface area contributed by atoms with Gasteiger partial charge in [0.2, 0.25) is 0 Å². The molecule has 0 aliphatic heterocycles. The molecular formula is C15H10AsIN3. The van der Waals surface area contributed by atoms with Crippen LogP contribution < -0.4 is 8.70 Å². The predicted octanol–water partition coefficient (Wildman–Crippen LogP) is 2.00. The van der Waals surface area contributed by atoms with E-state index < -0.39 is 0 Å². The van der Waals surface area contributed by atoms with Gasteiger partial charge in [-0.1, -0.05) is 0 Å². The summed E-state index contributed by atoms with van der Waals surface area (Å²) in [5.74, 6) is 0. The molecule has 3 aromatic rings. The molecule has 3 nitrogen and oxygen atoms in total. The van der Waals surface area contributed by atoms with Gasteiger partial charge in [0.1, 0.15) is 0 Å². The quantitative estimate of drug-likeness (QED) is 0.496. The number of benzene rings is 1. The summed E-state index contributed by atoms with van der Waals surface area (Å²) in [5.41, 5.74) is 3.17. The Morgan fingerprint density at radius 3 is 2.95 bits per heavy atom. The van der Waals surface area contributed by atoms with E-state index in [0.717, 1.165) is 13.4 Å². The van der Waals surface area contributed by atoms with Crippen molar-refractivity contribution >= 4 is 57.9 Å². The first-order valence-corrected chi connectivity index (χ1v) is 8.98. The van der Waals surface area contributed by atoms with Gasteiger partial charge in [0.15, 0.2) is 0 Å². The number of aromatic nitrogens is 2. The van der Waals surface area contributed by atoms with Crippen LogP contribution in [-0.4, -0.2) is 25.7 Å². The van der Waals surface area contributed by atoms with E-state index in [1.54, 1.807) is 6.20 Å². The van der Waals surface area contributed by atoms with Crippen molar-refractivity contribution in [1.82, 2.24) is 9.97 Å². The summed E-state index contributed by atoms with van der Waals surface area (Å²) in [6.45, 7) is 2.15. The first-order chi connectivity index (χ1) is 9.70. The van der Waals surface area contributed by atoms with E-state index in [0.29, 0.717) is 5.56 Å². The standard InChI is InChI=1S/C15H10AsIN3/c1-9-11-4-5-20-14(11)3-2-12(9)16-15-10(6-18)7-19-8-13(15)17/h2-5,7-8,20H,1H3. The Labute approximate surface area is 137 Å². The number of hydrogen-bond donors (Lipinski definition) is 1. The van der Waals surface area contributed by atoms with E-state index in [1.807, 2.05) is 12.4 Å². The van der Waals surface area contributed by atoms with Gasteiger partial charge in [-0.15, -0.1) is 0 Å². The maximum absolute atomic E-state index is 9.25. The second kappa shape index (κ2) is 5.59. The van der Waals surface area contributed by atoms with Crippen LogP contribution in [0.3, 0.4) is 0 Å². The van der Waals surface area contributed by atoms with Gasteiger partial charge in [0.25, 0.3) is 0 Å². The van der Waals surface area contributed by atoms with Crippen molar-refractivity contribution in [1.29, 1.82) is 5.26 Å². The first-order valence-electron chi connectivity index (χ1n) is 6.02. The molecule has 0 amide bonds. The van der Waals surface area contributed by atoms with E-state index in [1.165, 1.54) is 15.3 Å². The third kappa shape index (κ3) is 2.36. The van der Waals surface area contributed by atoms with Crippen LogP contribution in [-0.2, 0) is 0 Å². The number of rotatable bonds is 2.